The van der Waals surface area contributed by atoms with Gasteiger partial charge in [0.1, 0.15) is 0 Å². The van der Waals surface area contributed by atoms with Gasteiger partial charge in [0.2, 0.25) is 5.78 Å². The van der Waals surface area contributed by atoms with Gasteiger partial charge in [0.05, 0.1) is 22.8 Å². The normalized spacial score (nSPS) is 12.3. The summed E-state index contributed by atoms with van der Waals surface area (Å²) in [5, 5.41) is 0. The molecule has 0 bridgehead atoms. The van der Waals surface area contributed by atoms with Crippen LogP contribution < -0.4 is 0 Å². The minimum atomic E-state index is -1.32. The van der Waals surface area contributed by atoms with Gasteiger partial charge in [-0.25, -0.2) is 0 Å². The fourth-order valence-electron chi connectivity index (χ4n) is 1.40. The van der Waals surface area contributed by atoms with Gasteiger partial charge in [-0.2, -0.15) is 0 Å². The third kappa shape index (κ3) is 2.91. The van der Waals surface area contributed by atoms with Crippen LogP contribution in [-0.2, 0) is 10.8 Å². The third-order valence-electron chi connectivity index (χ3n) is 2.34. The first-order valence-corrected chi connectivity index (χ1v) is 6.50. The largest absolute Gasteiger partial charge is 0.461 e. The Morgan fingerprint density at radius 3 is 2.53 bits per heavy atom. The van der Waals surface area contributed by atoms with E-state index in [2.05, 4.69) is 0 Å². The SMILES string of the molecule is Cc1ccc(S(=O)CC(=O)c2ccco2)cc1. The zero-order valence-corrected chi connectivity index (χ0v) is 10.2. The van der Waals surface area contributed by atoms with Crippen molar-refractivity contribution in [1.29, 1.82) is 0 Å². The lowest BCUT2D eigenvalue weighted by atomic mass is 10.2. The summed E-state index contributed by atoms with van der Waals surface area (Å²) in [6.07, 6.45) is 1.43. The van der Waals surface area contributed by atoms with Crippen molar-refractivity contribution in [1.82, 2.24) is 0 Å². The monoisotopic (exact) mass is 248 g/mol. The molecule has 2 aromatic rings. The molecule has 0 aliphatic carbocycles. The van der Waals surface area contributed by atoms with E-state index < -0.39 is 10.8 Å². The van der Waals surface area contributed by atoms with E-state index in [1.54, 1.807) is 24.3 Å². The molecule has 0 saturated carbocycles. The van der Waals surface area contributed by atoms with Gasteiger partial charge in [-0.1, -0.05) is 17.7 Å². The van der Waals surface area contributed by atoms with Gasteiger partial charge in [-0.15, -0.1) is 0 Å². The highest BCUT2D eigenvalue weighted by molar-refractivity contribution is 7.85. The number of hydrogen-bond acceptors (Lipinski definition) is 3. The molecule has 0 radical (unpaired) electrons. The minimum Gasteiger partial charge on any atom is -0.461 e. The summed E-state index contributed by atoms with van der Waals surface area (Å²) in [5.41, 5.74) is 1.10. The molecule has 1 heterocycles. The Labute approximate surface area is 102 Å². The number of furan rings is 1. The van der Waals surface area contributed by atoms with Crippen molar-refractivity contribution < 1.29 is 13.4 Å². The molecule has 88 valence electrons. The van der Waals surface area contributed by atoms with Crippen LogP contribution in [0.2, 0.25) is 0 Å². The molecule has 0 N–H and O–H groups in total. The number of hydrogen-bond donors (Lipinski definition) is 0. The summed E-state index contributed by atoms with van der Waals surface area (Å²) >= 11 is 0. The van der Waals surface area contributed by atoms with Crippen molar-refractivity contribution in [2.75, 3.05) is 5.75 Å². The molecule has 2 rings (SSSR count). The number of ketones is 1. The summed E-state index contributed by atoms with van der Waals surface area (Å²) in [4.78, 5) is 12.3. The molecule has 3 nitrogen and oxygen atoms in total. The summed E-state index contributed by atoms with van der Waals surface area (Å²) in [5.74, 6) is -0.0318. The third-order valence-corrected chi connectivity index (χ3v) is 3.66. The summed E-state index contributed by atoms with van der Waals surface area (Å²) in [7, 11) is -1.32. The van der Waals surface area contributed by atoms with Gasteiger partial charge in [0.15, 0.2) is 5.76 Å². The van der Waals surface area contributed by atoms with Gasteiger partial charge in [0.25, 0.3) is 0 Å². The second-order valence-corrected chi connectivity index (χ2v) is 5.15. The van der Waals surface area contributed by atoms with E-state index in [1.807, 2.05) is 19.1 Å². The van der Waals surface area contributed by atoms with Gasteiger partial charge in [0, 0.05) is 4.90 Å². The van der Waals surface area contributed by atoms with Crippen molar-refractivity contribution in [3.8, 4) is 0 Å². The number of rotatable bonds is 4. The first-order chi connectivity index (χ1) is 8.16. The van der Waals surface area contributed by atoms with Crippen LogP contribution in [0.3, 0.4) is 0 Å². The maximum Gasteiger partial charge on any atom is 0.210 e. The summed E-state index contributed by atoms with van der Waals surface area (Å²) in [6.45, 7) is 1.96. The highest BCUT2D eigenvalue weighted by Crippen LogP contribution is 2.10. The topological polar surface area (TPSA) is 47.3 Å². The maximum atomic E-state index is 11.9. The quantitative estimate of drug-likeness (QED) is 0.781. The lowest BCUT2D eigenvalue weighted by Crippen LogP contribution is -2.10. The van der Waals surface area contributed by atoms with Crippen molar-refractivity contribution in [2.45, 2.75) is 11.8 Å². The van der Waals surface area contributed by atoms with Crippen LogP contribution >= 0.6 is 0 Å². The van der Waals surface area contributed by atoms with Crippen molar-refractivity contribution in [3.05, 3.63) is 54.0 Å². The van der Waals surface area contributed by atoms with Gasteiger partial charge in [-0.05, 0) is 31.2 Å². The fraction of sp³-hybridized carbons (Fsp3) is 0.154. The average Bonchev–Trinajstić information content (AvgIpc) is 2.83. The lowest BCUT2D eigenvalue weighted by Gasteiger charge is -2.01. The highest BCUT2D eigenvalue weighted by Gasteiger charge is 2.14. The zero-order valence-electron chi connectivity index (χ0n) is 9.38. The Kier molecular flexibility index (Phi) is 3.54. The van der Waals surface area contributed by atoms with Crippen LogP contribution in [0.25, 0.3) is 0 Å². The first kappa shape index (κ1) is 11.8. The van der Waals surface area contributed by atoms with Crippen LogP contribution in [0.1, 0.15) is 16.1 Å². The number of Topliss-reactive ketones (excluding diaryl/α,β-unsaturated/α-hetero) is 1. The molecule has 0 fully saturated rings. The van der Waals surface area contributed by atoms with Crippen LogP contribution in [0, 0.1) is 6.92 Å². The van der Waals surface area contributed by atoms with Crippen molar-refractivity contribution >= 4 is 16.6 Å². The molecule has 1 atom stereocenters. The molecule has 0 spiro atoms. The molecular formula is C13H12O3S. The molecule has 1 aromatic carbocycles. The Morgan fingerprint density at radius 1 is 1.24 bits per heavy atom. The van der Waals surface area contributed by atoms with Crippen LogP contribution in [0.15, 0.2) is 52.0 Å². The Balaban J connectivity index is 2.07. The van der Waals surface area contributed by atoms with Gasteiger partial charge < -0.3 is 4.42 Å². The molecule has 0 amide bonds. The van der Waals surface area contributed by atoms with E-state index in [1.165, 1.54) is 6.26 Å². The first-order valence-electron chi connectivity index (χ1n) is 5.18. The number of carbonyl (C=O) groups excluding carboxylic acids is 1. The predicted molar refractivity (Wildman–Crippen MR) is 65.5 cm³/mol. The number of benzene rings is 1. The van der Waals surface area contributed by atoms with Crippen molar-refractivity contribution in [3.63, 3.8) is 0 Å². The van der Waals surface area contributed by atoms with E-state index in [0.29, 0.717) is 4.90 Å². The molecular weight excluding hydrogens is 236 g/mol. The van der Waals surface area contributed by atoms with E-state index in [-0.39, 0.29) is 17.3 Å². The average molecular weight is 248 g/mol. The van der Waals surface area contributed by atoms with E-state index in [0.717, 1.165) is 5.56 Å². The second-order valence-electron chi connectivity index (χ2n) is 3.70. The van der Waals surface area contributed by atoms with Crippen LogP contribution in [0.4, 0.5) is 0 Å². The fourth-order valence-corrected chi connectivity index (χ4v) is 2.39. The van der Waals surface area contributed by atoms with Gasteiger partial charge >= 0.3 is 0 Å². The number of carbonyl (C=O) groups is 1. The van der Waals surface area contributed by atoms with Crippen LogP contribution in [-0.4, -0.2) is 15.7 Å². The maximum absolute atomic E-state index is 11.9. The van der Waals surface area contributed by atoms with E-state index >= 15 is 0 Å². The molecule has 0 aliphatic heterocycles. The lowest BCUT2D eigenvalue weighted by molar-refractivity contribution is 0.0991. The second kappa shape index (κ2) is 5.10. The molecule has 4 heteroatoms. The minimum absolute atomic E-state index is 0.0451. The summed E-state index contributed by atoms with van der Waals surface area (Å²) in [6, 6.07) is 10.5. The molecule has 0 aliphatic rings. The molecule has 1 aromatic heterocycles. The Bertz CT molecular complexity index is 526. The molecule has 0 saturated heterocycles. The molecule has 1 unspecified atom stereocenters. The highest BCUT2D eigenvalue weighted by atomic mass is 32.2. The zero-order chi connectivity index (χ0) is 12.3. The standard InChI is InChI=1S/C13H12O3S/c1-10-4-6-11(7-5-10)17(15)9-12(14)13-3-2-8-16-13/h2-8H,9H2,1H3. The van der Waals surface area contributed by atoms with E-state index in [4.69, 9.17) is 4.42 Å². The van der Waals surface area contributed by atoms with Crippen molar-refractivity contribution in [2.24, 2.45) is 0 Å². The summed E-state index contributed by atoms with van der Waals surface area (Å²) < 4.78 is 16.9. The van der Waals surface area contributed by atoms with Crippen LogP contribution in [0.5, 0.6) is 0 Å². The Morgan fingerprint density at radius 2 is 1.94 bits per heavy atom. The Hall–Kier alpha value is -1.68. The smallest absolute Gasteiger partial charge is 0.210 e. The predicted octanol–water partition coefficient (Wildman–Crippen LogP) is 2.58. The number of aryl methyl sites for hydroxylation is 1. The van der Waals surface area contributed by atoms with Gasteiger partial charge in [-0.3, -0.25) is 9.00 Å². The molecule has 17 heavy (non-hydrogen) atoms. The van der Waals surface area contributed by atoms with E-state index in [9.17, 15) is 9.00 Å².